The molecule has 2 aliphatic carbocycles. The highest BCUT2D eigenvalue weighted by Gasteiger charge is 2.43. The van der Waals surface area contributed by atoms with Crippen LogP contribution >= 0.6 is 0 Å². The number of pyridine rings is 1. The van der Waals surface area contributed by atoms with Crippen LogP contribution in [0.4, 0.5) is 0 Å². The summed E-state index contributed by atoms with van der Waals surface area (Å²) in [6, 6.07) is 17.5. The number of benzene rings is 2. The number of para-hydroxylation sites is 1. The highest BCUT2D eigenvalue weighted by Crippen LogP contribution is 2.49. The van der Waals surface area contributed by atoms with Crippen molar-refractivity contribution in [3.8, 4) is 0 Å². The van der Waals surface area contributed by atoms with Gasteiger partial charge in [0.2, 0.25) is 0 Å². The first kappa shape index (κ1) is 17.7. The summed E-state index contributed by atoms with van der Waals surface area (Å²) in [5.41, 5.74) is 2.38. The lowest BCUT2D eigenvalue weighted by molar-refractivity contribution is 0.208. The molecular weight excluding hydrogens is 338 g/mol. The normalized spacial score (nSPS) is 25.5. The second kappa shape index (κ2) is 7.20. The van der Waals surface area contributed by atoms with Gasteiger partial charge in [-0.3, -0.25) is 4.98 Å². The van der Waals surface area contributed by atoms with Crippen LogP contribution in [0.5, 0.6) is 0 Å². The summed E-state index contributed by atoms with van der Waals surface area (Å²) in [5, 5.41) is 3.92. The van der Waals surface area contributed by atoms with Gasteiger partial charge in [0.25, 0.3) is 0 Å². The molecule has 0 saturated heterocycles. The van der Waals surface area contributed by atoms with Gasteiger partial charge in [0, 0.05) is 16.2 Å². The summed E-state index contributed by atoms with van der Waals surface area (Å²) >= 11 is 0. The van der Waals surface area contributed by atoms with Gasteiger partial charge in [0.15, 0.2) is 0 Å². The Morgan fingerprint density at radius 1 is 0.857 bits per heavy atom. The molecule has 2 aromatic carbocycles. The standard InChI is InChI=1S/C27H29N/c1-2-27(19-11-10-17-24(27)20-12-4-3-5-13-20)26-23-16-7-6-14-21(23)22-15-8-9-18-25(22)28-26/h6-11,14-20,24H,2-5,12-13H2,1H3/t24?,27-/m0/s1. The maximum absolute atomic E-state index is 5.33. The van der Waals surface area contributed by atoms with Gasteiger partial charge in [-0.1, -0.05) is 93.0 Å². The molecule has 0 radical (unpaired) electrons. The molecule has 1 heteroatoms. The van der Waals surface area contributed by atoms with Gasteiger partial charge >= 0.3 is 0 Å². The Balaban J connectivity index is 1.77. The molecule has 3 aromatic rings. The third-order valence-electron chi connectivity index (χ3n) is 7.21. The van der Waals surface area contributed by atoms with Gasteiger partial charge in [-0.15, -0.1) is 0 Å². The third-order valence-corrected chi connectivity index (χ3v) is 7.21. The van der Waals surface area contributed by atoms with E-state index in [1.54, 1.807) is 0 Å². The minimum absolute atomic E-state index is 0.0135. The highest BCUT2D eigenvalue weighted by molar-refractivity contribution is 6.07. The number of hydrogen-bond acceptors (Lipinski definition) is 1. The fraction of sp³-hybridized carbons (Fsp3) is 0.370. The van der Waals surface area contributed by atoms with Crippen LogP contribution in [0.15, 0.2) is 72.8 Å². The predicted octanol–water partition coefficient (Wildman–Crippen LogP) is 7.36. The van der Waals surface area contributed by atoms with Crippen LogP contribution in [0.25, 0.3) is 21.7 Å². The summed E-state index contributed by atoms with van der Waals surface area (Å²) in [6.07, 6.45) is 17.5. The van der Waals surface area contributed by atoms with Crippen LogP contribution in [-0.4, -0.2) is 4.98 Å². The zero-order valence-corrected chi connectivity index (χ0v) is 16.8. The average molecular weight is 368 g/mol. The second-order valence-corrected chi connectivity index (χ2v) is 8.58. The second-order valence-electron chi connectivity index (χ2n) is 8.58. The molecule has 0 N–H and O–H groups in total. The fourth-order valence-electron chi connectivity index (χ4n) is 5.78. The molecule has 0 spiro atoms. The van der Waals surface area contributed by atoms with Crippen LogP contribution in [0.1, 0.15) is 51.1 Å². The minimum atomic E-state index is -0.0135. The molecule has 2 aliphatic rings. The van der Waals surface area contributed by atoms with E-state index in [1.807, 2.05) is 0 Å². The Bertz CT molecular complexity index is 1050. The molecule has 1 unspecified atom stereocenters. The number of hydrogen-bond donors (Lipinski definition) is 0. The Kier molecular flexibility index (Phi) is 4.55. The molecule has 1 heterocycles. The molecule has 1 fully saturated rings. The first-order chi connectivity index (χ1) is 13.8. The molecule has 0 bridgehead atoms. The lowest BCUT2D eigenvalue weighted by atomic mass is 9.60. The van der Waals surface area contributed by atoms with Crippen LogP contribution in [0.3, 0.4) is 0 Å². The monoisotopic (exact) mass is 367 g/mol. The van der Waals surface area contributed by atoms with Crippen molar-refractivity contribution >= 4 is 21.7 Å². The van der Waals surface area contributed by atoms with Crippen molar-refractivity contribution in [3.63, 3.8) is 0 Å². The first-order valence-electron chi connectivity index (χ1n) is 11.0. The van der Waals surface area contributed by atoms with Gasteiger partial charge < -0.3 is 0 Å². The van der Waals surface area contributed by atoms with Gasteiger partial charge in [0.05, 0.1) is 11.2 Å². The van der Waals surface area contributed by atoms with Gasteiger partial charge in [0.1, 0.15) is 0 Å². The topological polar surface area (TPSA) is 12.9 Å². The van der Waals surface area contributed by atoms with E-state index < -0.39 is 0 Å². The quantitative estimate of drug-likeness (QED) is 0.441. The zero-order chi connectivity index (χ0) is 19.0. The van der Waals surface area contributed by atoms with Crippen LogP contribution in [0.2, 0.25) is 0 Å². The number of nitrogens with zero attached hydrogens (tertiary/aromatic N) is 1. The van der Waals surface area contributed by atoms with E-state index in [-0.39, 0.29) is 5.41 Å². The predicted molar refractivity (Wildman–Crippen MR) is 120 cm³/mol. The third kappa shape index (κ3) is 2.71. The molecule has 0 amide bonds. The molecule has 0 aliphatic heterocycles. The molecule has 5 rings (SSSR count). The van der Waals surface area contributed by atoms with E-state index in [1.165, 1.54) is 54.0 Å². The van der Waals surface area contributed by atoms with E-state index in [0.717, 1.165) is 17.9 Å². The lowest BCUT2D eigenvalue weighted by Crippen LogP contribution is -2.39. The van der Waals surface area contributed by atoms with Crippen molar-refractivity contribution in [2.75, 3.05) is 0 Å². The summed E-state index contributed by atoms with van der Waals surface area (Å²) in [7, 11) is 0. The zero-order valence-electron chi connectivity index (χ0n) is 16.8. The average Bonchev–Trinajstić information content (AvgIpc) is 2.79. The van der Waals surface area contributed by atoms with Gasteiger partial charge in [-0.05, 0) is 42.6 Å². The van der Waals surface area contributed by atoms with Crippen molar-refractivity contribution in [2.45, 2.75) is 50.9 Å². The van der Waals surface area contributed by atoms with E-state index >= 15 is 0 Å². The van der Waals surface area contributed by atoms with Crippen LogP contribution < -0.4 is 0 Å². The molecule has 1 aromatic heterocycles. The Morgan fingerprint density at radius 2 is 1.57 bits per heavy atom. The van der Waals surface area contributed by atoms with Crippen molar-refractivity contribution in [3.05, 3.63) is 78.5 Å². The Morgan fingerprint density at radius 3 is 2.36 bits per heavy atom. The summed E-state index contributed by atoms with van der Waals surface area (Å²) in [4.78, 5) is 5.33. The number of allylic oxidation sites excluding steroid dienone is 4. The molecule has 1 saturated carbocycles. The molecule has 142 valence electrons. The molecular formula is C27H29N. The SMILES string of the molecule is CC[C@]1(c2nc3ccccc3c3ccccc23)C=CC=CC1C1CCCCC1. The Labute approximate surface area is 168 Å². The molecule has 28 heavy (non-hydrogen) atoms. The minimum Gasteiger partial charge on any atom is -0.251 e. The largest absolute Gasteiger partial charge is 0.251 e. The Hall–Kier alpha value is -2.41. The van der Waals surface area contributed by atoms with Crippen LogP contribution in [-0.2, 0) is 5.41 Å². The maximum atomic E-state index is 5.33. The fourth-order valence-corrected chi connectivity index (χ4v) is 5.78. The maximum Gasteiger partial charge on any atom is 0.0712 e. The smallest absolute Gasteiger partial charge is 0.0712 e. The van der Waals surface area contributed by atoms with Crippen molar-refractivity contribution in [2.24, 2.45) is 11.8 Å². The van der Waals surface area contributed by atoms with E-state index in [0.29, 0.717) is 5.92 Å². The van der Waals surface area contributed by atoms with Gasteiger partial charge in [-0.25, -0.2) is 0 Å². The summed E-state index contributed by atoms with van der Waals surface area (Å²) in [5.74, 6) is 1.31. The van der Waals surface area contributed by atoms with Crippen molar-refractivity contribution in [1.29, 1.82) is 0 Å². The first-order valence-corrected chi connectivity index (χ1v) is 11.0. The van der Waals surface area contributed by atoms with Crippen molar-refractivity contribution < 1.29 is 0 Å². The number of aromatic nitrogens is 1. The van der Waals surface area contributed by atoms with Gasteiger partial charge in [-0.2, -0.15) is 0 Å². The van der Waals surface area contributed by atoms with Crippen LogP contribution in [0, 0.1) is 11.8 Å². The van der Waals surface area contributed by atoms with E-state index in [4.69, 9.17) is 4.98 Å². The van der Waals surface area contributed by atoms with E-state index in [9.17, 15) is 0 Å². The number of fused-ring (bicyclic) bond motifs is 3. The summed E-state index contributed by atoms with van der Waals surface area (Å²) < 4.78 is 0. The lowest BCUT2D eigenvalue weighted by Gasteiger charge is -2.44. The summed E-state index contributed by atoms with van der Waals surface area (Å²) in [6.45, 7) is 2.35. The highest BCUT2D eigenvalue weighted by atomic mass is 14.7. The van der Waals surface area contributed by atoms with E-state index in [2.05, 4.69) is 79.8 Å². The molecule has 1 nitrogen and oxygen atoms in total. The number of rotatable bonds is 3. The van der Waals surface area contributed by atoms with Crippen molar-refractivity contribution in [1.82, 2.24) is 4.98 Å². The molecule has 2 atom stereocenters.